The zero-order valence-electron chi connectivity index (χ0n) is 21.0. The fraction of sp³-hybridized carbons (Fsp3) is 0.125. The summed E-state index contributed by atoms with van der Waals surface area (Å²) in [5.74, 6) is 1.45. The van der Waals surface area contributed by atoms with E-state index < -0.39 is 0 Å². The number of aromatic hydroxyl groups is 1. The third-order valence-electron chi connectivity index (χ3n) is 6.54. The van der Waals surface area contributed by atoms with Crippen LogP contribution in [0.15, 0.2) is 103 Å². The standard InChI is InChI=1S/C32H27N3O2/c1-32(2,3)21-19-26(33-30(20-21)37-22-11-5-4-6-12-22)25-18-17-24-23-13-7-8-14-27(23)35(31(24)34-25)28-15-9-10-16-29(28)36/h4-20,36H,1-3H3. The van der Waals surface area contributed by atoms with E-state index in [0.717, 1.165) is 44.6 Å². The Balaban J connectivity index is 1.57. The summed E-state index contributed by atoms with van der Waals surface area (Å²) >= 11 is 0. The molecule has 0 radical (unpaired) electrons. The Morgan fingerprint density at radius 3 is 2.22 bits per heavy atom. The van der Waals surface area contributed by atoms with Crippen molar-refractivity contribution in [1.82, 2.24) is 14.5 Å². The third-order valence-corrected chi connectivity index (χ3v) is 6.54. The first kappa shape index (κ1) is 22.8. The number of rotatable bonds is 4. The molecule has 6 aromatic rings. The van der Waals surface area contributed by atoms with Crippen LogP contribution < -0.4 is 4.74 Å². The van der Waals surface area contributed by atoms with Crippen LogP contribution in [0.5, 0.6) is 17.4 Å². The molecule has 5 heteroatoms. The van der Waals surface area contributed by atoms with Gasteiger partial charge in [-0.05, 0) is 59.5 Å². The van der Waals surface area contributed by atoms with Crippen LogP contribution in [0.4, 0.5) is 0 Å². The molecule has 0 aliphatic heterocycles. The van der Waals surface area contributed by atoms with E-state index in [1.165, 1.54) is 0 Å². The summed E-state index contributed by atoms with van der Waals surface area (Å²) in [4.78, 5) is 9.96. The Labute approximate surface area is 215 Å². The second-order valence-corrected chi connectivity index (χ2v) is 10.2. The maximum absolute atomic E-state index is 10.7. The van der Waals surface area contributed by atoms with Crippen molar-refractivity contribution in [2.75, 3.05) is 0 Å². The first-order valence-corrected chi connectivity index (χ1v) is 12.3. The second-order valence-electron chi connectivity index (χ2n) is 10.2. The molecule has 37 heavy (non-hydrogen) atoms. The van der Waals surface area contributed by atoms with Crippen LogP contribution in [-0.2, 0) is 5.41 Å². The Kier molecular flexibility index (Phi) is 5.41. The van der Waals surface area contributed by atoms with E-state index in [0.29, 0.717) is 11.6 Å². The van der Waals surface area contributed by atoms with Crippen molar-refractivity contribution in [3.8, 4) is 34.5 Å². The molecule has 3 aromatic heterocycles. The maximum atomic E-state index is 10.7. The summed E-state index contributed by atoms with van der Waals surface area (Å²) in [6, 6.07) is 33.3. The highest BCUT2D eigenvalue weighted by Gasteiger charge is 2.20. The Bertz CT molecular complexity index is 1750. The van der Waals surface area contributed by atoms with E-state index in [-0.39, 0.29) is 11.2 Å². The molecule has 0 amide bonds. The van der Waals surface area contributed by atoms with Crippen molar-refractivity contribution >= 4 is 21.9 Å². The molecule has 0 bridgehead atoms. The monoisotopic (exact) mass is 485 g/mol. The highest BCUT2D eigenvalue weighted by molar-refractivity contribution is 6.08. The van der Waals surface area contributed by atoms with Gasteiger partial charge >= 0.3 is 0 Å². The average molecular weight is 486 g/mol. The summed E-state index contributed by atoms with van der Waals surface area (Å²) in [7, 11) is 0. The molecule has 0 spiro atoms. The van der Waals surface area contributed by atoms with Gasteiger partial charge in [-0.15, -0.1) is 0 Å². The van der Waals surface area contributed by atoms with E-state index in [9.17, 15) is 5.11 Å². The average Bonchev–Trinajstić information content (AvgIpc) is 3.22. The van der Waals surface area contributed by atoms with Gasteiger partial charge < -0.3 is 9.84 Å². The van der Waals surface area contributed by atoms with Crippen molar-refractivity contribution < 1.29 is 9.84 Å². The van der Waals surface area contributed by atoms with Crippen molar-refractivity contribution in [3.63, 3.8) is 0 Å². The van der Waals surface area contributed by atoms with Gasteiger partial charge in [0.1, 0.15) is 17.1 Å². The molecule has 5 nitrogen and oxygen atoms in total. The number of hydrogen-bond acceptors (Lipinski definition) is 4. The minimum Gasteiger partial charge on any atom is -0.506 e. The fourth-order valence-electron chi connectivity index (χ4n) is 4.61. The number of aromatic nitrogens is 3. The van der Waals surface area contributed by atoms with Gasteiger partial charge in [-0.25, -0.2) is 9.97 Å². The van der Waals surface area contributed by atoms with E-state index >= 15 is 0 Å². The van der Waals surface area contributed by atoms with Gasteiger partial charge in [0, 0.05) is 16.8 Å². The van der Waals surface area contributed by atoms with Gasteiger partial charge in [0.15, 0.2) is 0 Å². The first-order chi connectivity index (χ1) is 17.9. The van der Waals surface area contributed by atoms with Crippen LogP contribution >= 0.6 is 0 Å². The molecule has 3 heterocycles. The van der Waals surface area contributed by atoms with Crippen LogP contribution in [0.1, 0.15) is 26.3 Å². The molecule has 0 aliphatic rings. The third kappa shape index (κ3) is 4.19. The number of para-hydroxylation sites is 4. The van der Waals surface area contributed by atoms with E-state index in [1.54, 1.807) is 6.07 Å². The quantitative estimate of drug-likeness (QED) is 0.274. The zero-order valence-corrected chi connectivity index (χ0v) is 21.0. The van der Waals surface area contributed by atoms with E-state index in [4.69, 9.17) is 14.7 Å². The van der Waals surface area contributed by atoms with Gasteiger partial charge in [0.2, 0.25) is 5.88 Å². The Morgan fingerprint density at radius 2 is 1.43 bits per heavy atom. The van der Waals surface area contributed by atoms with Gasteiger partial charge in [0.05, 0.1) is 22.6 Å². The summed E-state index contributed by atoms with van der Waals surface area (Å²) in [5, 5.41) is 12.8. The number of fused-ring (bicyclic) bond motifs is 3. The van der Waals surface area contributed by atoms with Crippen LogP contribution in [0, 0.1) is 0 Å². The maximum Gasteiger partial charge on any atom is 0.220 e. The summed E-state index contributed by atoms with van der Waals surface area (Å²) in [5.41, 5.74) is 4.88. The number of benzene rings is 3. The predicted octanol–water partition coefficient (Wildman–Crippen LogP) is 8.04. The largest absolute Gasteiger partial charge is 0.506 e. The molecule has 1 N–H and O–H groups in total. The number of phenolic OH excluding ortho intramolecular Hbond substituents is 1. The SMILES string of the molecule is CC(C)(C)c1cc(Oc2ccccc2)nc(-c2ccc3c4ccccc4n(-c4ccccc4O)c3n2)c1. The minimum atomic E-state index is -0.110. The molecule has 0 aliphatic carbocycles. The summed E-state index contributed by atoms with van der Waals surface area (Å²) in [6.07, 6.45) is 0. The molecule has 0 unspecified atom stereocenters. The number of nitrogens with zero attached hydrogens (tertiary/aromatic N) is 3. The molecular formula is C32H27N3O2. The van der Waals surface area contributed by atoms with Crippen molar-refractivity contribution in [2.24, 2.45) is 0 Å². The lowest BCUT2D eigenvalue weighted by Gasteiger charge is -2.21. The molecular weight excluding hydrogens is 458 g/mol. The van der Waals surface area contributed by atoms with E-state index in [1.807, 2.05) is 83.4 Å². The summed E-state index contributed by atoms with van der Waals surface area (Å²) < 4.78 is 8.16. The van der Waals surface area contributed by atoms with Gasteiger partial charge in [0.25, 0.3) is 0 Å². The van der Waals surface area contributed by atoms with Gasteiger partial charge in [-0.1, -0.05) is 69.3 Å². The molecule has 0 fully saturated rings. The number of ether oxygens (including phenoxy) is 1. The Morgan fingerprint density at radius 1 is 0.703 bits per heavy atom. The normalized spacial score (nSPS) is 11.8. The predicted molar refractivity (Wildman–Crippen MR) is 149 cm³/mol. The topological polar surface area (TPSA) is 60.2 Å². The molecule has 182 valence electrons. The lowest BCUT2D eigenvalue weighted by molar-refractivity contribution is 0.459. The Hall–Kier alpha value is -4.64. The number of phenols is 1. The van der Waals surface area contributed by atoms with Crippen molar-refractivity contribution in [3.05, 3.63) is 109 Å². The van der Waals surface area contributed by atoms with Gasteiger partial charge in [-0.3, -0.25) is 4.57 Å². The van der Waals surface area contributed by atoms with Crippen molar-refractivity contribution in [1.29, 1.82) is 0 Å². The lowest BCUT2D eigenvalue weighted by atomic mass is 9.87. The lowest BCUT2D eigenvalue weighted by Crippen LogP contribution is -2.12. The van der Waals surface area contributed by atoms with Crippen LogP contribution in [0.25, 0.3) is 39.0 Å². The highest BCUT2D eigenvalue weighted by Crippen LogP contribution is 2.36. The van der Waals surface area contributed by atoms with Gasteiger partial charge in [-0.2, -0.15) is 0 Å². The van der Waals surface area contributed by atoms with Crippen LogP contribution in [0.3, 0.4) is 0 Å². The first-order valence-electron chi connectivity index (χ1n) is 12.3. The summed E-state index contributed by atoms with van der Waals surface area (Å²) in [6.45, 7) is 6.52. The molecule has 0 saturated carbocycles. The van der Waals surface area contributed by atoms with Crippen molar-refractivity contribution in [2.45, 2.75) is 26.2 Å². The molecule has 0 atom stereocenters. The molecule has 0 saturated heterocycles. The number of pyridine rings is 2. The highest BCUT2D eigenvalue weighted by atomic mass is 16.5. The molecule has 6 rings (SSSR count). The minimum absolute atomic E-state index is 0.110. The zero-order chi connectivity index (χ0) is 25.6. The number of hydrogen-bond donors (Lipinski definition) is 1. The van der Waals surface area contributed by atoms with Crippen LogP contribution in [0.2, 0.25) is 0 Å². The smallest absolute Gasteiger partial charge is 0.220 e. The second kappa shape index (κ2) is 8.79. The van der Waals surface area contributed by atoms with E-state index in [2.05, 4.69) is 39.0 Å². The fourth-order valence-corrected chi connectivity index (χ4v) is 4.61. The van der Waals surface area contributed by atoms with Crippen LogP contribution in [-0.4, -0.2) is 19.6 Å². The molecule has 3 aromatic carbocycles.